The minimum Gasteiger partial charge on any atom is -0.397 e. The van der Waals surface area contributed by atoms with E-state index in [0.29, 0.717) is 11.4 Å². The third kappa shape index (κ3) is 1.25. The smallest absolute Gasteiger partial charge is 0.0855 e. The normalized spacial score (nSPS) is 9.80. The average Bonchev–Trinajstić information content (AvgIpc) is 1.88. The highest BCUT2D eigenvalue weighted by atomic mass is 16.3. The fourth-order valence-corrected chi connectivity index (χ4v) is 0.790. The van der Waals surface area contributed by atoms with Crippen molar-refractivity contribution in [1.29, 1.82) is 0 Å². The van der Waals surface area contributed by atoms with Gasteiger partial charge in [0.1, 0.15) is 0 Å². The highest BCUT2D eigenvalue weighted by Gasteiger charge is 1.96. The van der Waals surface area contributed by atoms with E-state index in [9.17, 15) is 0 Å². The molecule has 0 atom stereocenters. The lowest BCUT2D eigenvalue weighted by atomic mass is 10.2. The molecule has 0 aliphatic heterocycles. The van der Waals surface area contributed by atoms with Crippen LogP contribution in [0.3, 0.4) is 0 Å². The van der Waals surface area contributed by atoms with E-state index in [1.807, 2.05) is 6.92 Å². The summed E-state index contributed by atoms with van der Waals surface area (Å²) in [6, 6.07) is 1.79. The first-order valence-corrected chi connectivity index (χ1v) is 3.06. The lowest BCUT2D eigenvalue weighted by Gasteiger charge is -2.00. The van der Waals surface area contributed by atoms with Gasteiger partial charge in [0.2, 0.25) is 0 Å². The highest BCUT2D eigenvalue weighted by Crippen LogP contribution is 2.07. The maximum absolute atomic E-state index is 8.71. The Morgan fingerprint density at radius 2 is 2.40 bits per heavy atom. The molecule has 0 aromatic carbocycles. The van der Waals surface area contributed by atoms with Crippen LogP contribution in [0.4, 0.5) is 5.69 Å². The van der Waals surface area contributed by atoms with Crippen LogP contribution in [0, 0.1) is 6.92 Å². The zero-order chi connectivity index (χ0) is 7.56. The van der Waals surface area contributed by atoms with E-state index in [0.717, 1.165) is 5.56 Å². The molecule has 0 bridgehead atoms. The lowest BCUT2D eigenvalue weighted by molar-refractivity contribution is 0.276. The molecular weight excluding hydrogens is 128 g/mol. The summed E-state index contributed by atoms with van der Waals surface area (Å²) in [5.74, 6) is 0. The molecular formula is C7H10N2O. The average molecular weight is 138 g/mol. The Hall–Kier alpha value is -1.09. The summed E-state index contributed by atoms with van der Waals surface area (Å²) in [4.78, 5) is 3.92. The summed E-state index contributed by atoms with van der Waals surface area (Å²) >= 11 is 0. The number of aryl methyl sites for hydroxylation is 1. The molecule has 3 N–H and O–H groups in total. The fraction of sp³-hybridized carbons (Fsp3) is 0.286. The first kappa shape index (κ1) is 7.02. The van der Waals surface area contributed by atoms with Crippen LogP contribution >= 0.6 is 0 Å². The lowest BCUT2D eigenvalue weighted by Crippen LogP contribution is -1.95. The number of nitrogens with two attached hydrogens (primary N) is 1. The molecule has 0 radical (unpaired) electrons. The number of anilines is 1. The molecule has 1 heterocycles. The molecule has 0 aliphatic carbocycles. The topological polar surface area (TPSA) is 59.1 Å². The van der Waals surface area contributed by atoms with Gasteiger partial charge in [-0.25, -0.2) is 0 Å². The first-order valence-electron chi connectivity index (χ1n) is 3.06. The number of aromatic nitrogens is 1. The van der Waals surface area contributed by atoms with Crippen molar-refractivity contribution in [1.82, 2.24) is 4.98 Å². The molecule has 3 nitrogen and oxygen atoms in total. The molecule has 1 rings (SSSR count). The van der Waals surface area contributed by atoms with Gasteiger partial charge < -0.3 is 10.8 Å². The van der Waals surface area contributed by atoms with Gasteiger partial charge in [0.05, 0.1) is 24.2 Å². The second-order valence-corrected chi connectivity index (χ2v) is 2.19. The highest BCUT2D eigenvalue weighted by molar-refractivity contribution is 5.39. The van der Waals surface area contributed by atoms with E-state index in [1.54, 1.807) is 12.3 Å². The summed E-state index contributed by atoms with van der Waals surface area (Å²) in [7, 11) is 0. The SMILES string of the molecule is Cc1cc(N)cnc1CO. The number of rotatable bonds is 1. The zero-order valence-electron chi connectivity index (χ0n) is 5.83. The van der Waals surface area contributed by atoms with Crippen molar-refractivity contribution in [3.63, 3.8) is 0 Å². The van der Waals surface area contributed by atoms with Crippen LogP contribution in [-0.4, -0.2) is 10.1 Å². The molecule has 3 heteroatoms. The Balaban J connectivity index is 3.07. The molecule has 10 heavy (non-hydrogen) atoms. The van der Waals surface area contributed by atoms with Crippen LogP contribution in [0.15, 0.2) is 12.3 Å². The Kier molecular flexibility index (Phi) is 1.87. The van der Waals surface area contributed by atoms with Gasteiger partial charge in [0.15, 0.2) is 0 Å². The van der Waals surface area contributed by atoms with Crippen molar-refractivity contribution >= 4 is 5.69 Å². The summed E-state index contributed by atoms with van der Waals surface area (Å²) in [6.07, 6.45) is 1.54. The second-order valence-electron chi connectivity index (χ2n) is 2.19. The van der Waals surface area contributed by atoms with Crippen LogP contribution in [0.25, 0.3) is 0 Å². The first-order chi connectivity index (χ1) is 4.74. The second kappa shape index (κ2) is 2.66. The molecule has 0 saturated carbocycles. The van der Waals surface area contributed by atoms with Crippen molar-refractivity contribution in [3.05, 3.63) is 23.5 Å². The van der Waals surface area contributed by atoms with Gasteiger partial charge in [-0.2, -0.15) is 0 Å². The summed E-state index contributed by atoms with van der Waals surface area (Å²) in [6.45, 7) is 1.85. The third-order valence-electron chi connectivity index (χ3n) is 1.36. The van der Waals surface area contributed by atoms with Crippen molar-refractivity contribution in [2.24, 2.45) is 0 Å². The summed E-state index contributed by atoms with van der Waals surface area (Å²) in [5.41, 5.74) is 7.69. The van der Waals surface area contributed by atoms with E-state index < -0.39 is 0 Å². The summed E-state index contributed by atoms with van der Waals surface area (Å²) < 4.78 is 0. The number of aliphatic hydroxyl groups is 1. The van der Waals surface area contributed by atoms with Gasteiger partial charge in [-0.15, -0.1) is 0 Å². The number of hydrogen-bond acceptors (Lipinski definition) is 3. The molecule has 0 fully saturated rings. The van der Waals surface area contributed by atoms with Gasteiger partial charge in [-0.05, 0) is 18.6 Å². The van der Waals surface area contributed by atoms with Crippen LogP contribution in [0.2, 0.25) is 0 Å². The fourth-order valence-electron chi connectivity index (χ4n) is 0.790. The predicted molar refractivity (Wildman–Crippen MR) is 39.3 cm³/mol. The summed E-state index contributed by atoms with van der Waals surface area (Å²) in [5, 5.41) is 8.71. The molecule has 54 valence electrons. The van der Waals surface area contributed by atoms with Crippen molar-refractivity contribution in [3.8, 4) is 0 Å². The molecule has 0 amide bonds. The molecule has 0 aliphatic rings. The molecule has 0 spiro atoms. The Labute approximate surface area is 59.5 Å². The predicted octanol–water partition coefficient (Wildman–Crippen LogP) is 0.465. The maximum atomic E-state index is 8.71. The zero-order valence-corrected chi connectivity index (χ0v) is 5.83. The van der Waals surface area contributed by atoms with Crippen LogP contribution < -0.4 is 5.73 Å². The third-order valence-corrected chi connectivity index (χ3v) is 1.36. The Morgan fingerprint density at radius 1 is 1.70 bits per heavy atom. The van der Waals surface area contributed by atoms with Crippen LogP contribution in [0.1, 0.15) is 11.3 Å². The molecule has 0 unspecified atom stereocenters. The Morgan fingerprint density at radius 3 is 2.90 bits per heavy atom. The van der Waals surface area contributed by atoms with Crippen LogP contribution in [-0.2, 0) is 6.61 Å². The monoisotopic (exact) mass is 138 g/mol. The van der Waals surface area contributed by atoms with E-state index in [4.69, 9.17) is 10.8 Å². The molecule has 0 saturated heterocycles. The standard InChI is InChI=1S/C7H10N2O/c1-5-2-6(8)3-9-7(5)4-10/h2-3,10H,4,8H2,1H3. The number of aliphatic hydroxyl groups excluding tert-OH is 1. The van der Waals surface area contributed by atoms with Crippen LogP contribution in [0.5, 0.6) is 0 Å². The number of nitrogens with zero attached hydrogens (tertiary/aromatic N) is 1. The van der Waals surface area contributed by atoms with Crippen molar-refractivity contribution in [2.75, 3.05) is 5.73 Å². The van der Waals surface area contributed by atoms with E-state index in [1.165, 1.54) is 0 Å². The minimum atomic E-state index is -0.0217. The number of nitrogen functional groups attached to an aromatic ring is 1. The number of hydrogen-bond donors (Lipinski definition) is 2. The van der Waals surface area contributed by atoms with Crippen molar-refractivity contribution in [2.45, 2.75) is 13.5 Å². The van der Waals surface area contributed by atoms with E-state index in [2.05, 4.69) is 4.98 Å². The van der Waals surface area contributed by atoms with Gasteiger partial charge >= 0.3 is 0 Å². The maximum Gasteiger partial charge on any atom is 0.0855 e. The van der Waals surface area contributed by atoms with Gasteiger partial charge in [-0.1, -0.05) is 0 Å². The van der Waals surface area contributed by atoms with E-state index >= 15 is 0 Å². The largest absolute Gasteiger partial charge is 0.397 e. The molecule has 1 aromatic rings. The number of pyridine rings is 1. The quantitative estimate of drug-likeness (QED) is 0.592. The van der Waals surface area contributed by atoms with Crippen molar-refractivity contribution < 1.29 is 5.11 Å². The van der Waals surface area contributed by atoms with Gasteiger partial charge in [0.25, 0.3) is 0 Å². The molecule has 1 aromatic heterocycles. The minimum absolute atomic E-state index is 0.0217. The van der Waals surface area contributed by atoms with E-state index in [-0.39, 0.29) is 6.61 Å². The van der Waals surface area contributed by atoms with Gasteiger partial charge in [-0.3, -0.25) is 4.98 Å². The van der Waals surface area contributed by atoms with Gasteiger partial charge in [0, 0.05) is 0 Å². The Bertz CT molecular complexity index is 235.